The number of phenolic OH excluding ortho intramolecular Hbond substituents is 1. The topological polar surface area (TPSA) is 26.7 Å². The first kappa shape index (κ1) is 19.3. The number of nitrogens with zero attached hydrogens (tertiary/aromatic N) is 2. The van der Waals surface area contributed by atoms with E-state index in [0.29, 0.717) is 17.6 Å². The van der Waals surface area contributed by atoms with Crippen LogP contribution in [0.2, 0.25) is 0 Å². The molecule has 3 atom stereocenters. The summed E-state index contributed by atoms with van der Waals surface area (Å²) in [7, 11) is 0. The lowest BCUT2D eigenvalue weighted by Crippen LogP contribution is -2.56. The molecule has 0 spiro atoms. The van der Waals surface area contributed by atoms with Crippen LogP contribution in [-0.2, 0) is 19.5 Å². The first-order chi connectivity index (χ1) is 13.0. The highest BCUT2D eigenvalue weighted by Crippen LogP contribution is 2.38. The van der Waals surface area contributed by atoms with Gasteiger partial charge in [-0.3, -0.25) is 9.80 Å². The summed E-state index contributed by atoms with van der Waals surface area (Å²) in [6.45, 7) is 12.4. The Labute approximate surface area is 165 Å². The lowest BCUT2D eigenvalue weighted by Gasteiger charge is -2.49. The maximum atomic E-state index is 10.7. The summed E-state index contributed by atoms with van der Waals surface area (Å²) >= 11 is 0. The third-order valence-corrected chi connectivity index (χ3v) is 7.03. The molecule has 3 heteroatoms. The van der Waals surface area contributed by atoms with Crippen LogP contribution in [0.25, 0.3) is 0 Å². The van der Waals surface area contributed by atoms with Gasteiger partial charge in [0.2, 0.25) is 0 Å². The van der Waals surface area contributed by atoms with Gasteiger partial charge < -0.3 is 5.11 Å². The van der Waals surface area contributed by atoms with Crippen LogP contribution < -0.4 is 0 Å². The van der Waals surface area contributed by atoms with E-state index in [9.17, 15) is 5.11 Å². The molecule has 3 unspecified atom stereocenters. The maximum absolute atomic E-state index is 10.7. The van der Waals surface area contributed by atoms with Crippen LogP contribution in [0.5, 0.6) is 5.75 Å². The Kier molecular flexibility index (Phi) is 5.80. The molecule has 3 aliphatic rings. The van der Waals surface area contributed by atoms with Gasteiger partial charge in [0.15, 0.2) is 0 Å². The normalized spacial score (nSPS) is 27.1. The third-order valence-electron chi connectivity index (χ3n) is 7.03. The molecule has 1 saturated heterocycles. The molecular formula is C24H38N2O. The lowest BCUT2D eigenvalue weighted by atomic mass is 9.83. The van der Waals surface area contributed by atoms with Crippen molar-refractivity contribution < 1.29 is 5.11 Å². The summed E-state index contributed by atoms with van der Waals surface area (Å²) in [6.07, 6.45) is 8.29. The van der Waals surface area contributed by atoms with E-state index in [1.54, 1.807) is 0 Å². The van der Waals surface area contributed by atoms with Gasteiger partial charge in [-0.2, -0.15) is 0 Å². The molecular weight excluding hydrogens is 332 g/mol. The number of rotatable bonds is 6. The van der Waals surface area contributed by atoms with Gasteiger partial charge in [0.1, 0.15) is 5.75 Å². The van der Waals surface area contributed by atoms with Gasteiger partial charge in [0.05, 0.1) is 0 Å². The molecule has 0 amide bonds. The van der Waals surface area contributed by atoms with Crippen molar-refractivity contribution in [3.05, 3.63) is 28.8 Å². The number of aromatic hydroxyl groups is 1. The smallest absolute Gasteiger partial charge is 0.124 e. The number of likely N-dealkylation sites (tertiary alicyclic amines) is 1. The van der Waals surface area contributed by atoms with Crippen molar-refractivity contribution in [1.82, 2.24) is 9.80 Å². The number of hydrogen-bond acceptors (Lipinski definition) is 3. The van der Waals surface area contributed by atoms with Crippen LogP contribution in [0, 0.1) is 17.8 Å². The minimum absolute atomic E-state index is 0.576. The maximum Gasteiger partial charge on any atom is 0.124 e. The Morgan fingerprint density at radius 1 is 1.04 bits per heavy atom. The van der Waals surface area contributed by atoms with Crippen LogP contribution in [0.1, 0.15) is 69.6 Å². The van der Waals surface area contributed by atoms with Crippen molar-refractivity contribution in [2.75, 3.05) is 19.6 Å². The minimum Gasteiger partial charge on any atom is -0.507 e. The second-order valence-electron chi connectivity index (χ2n) is 10.0. The van der Waals surface area contributed by atoms with Gasteiger partial charge in [-0.1, -0.05) is 52.2 Å². The zero-order valence-electron chi connectivity index (χ0n) is 17.6. The minimum atomic E-state index is 0.576. The molecule has 4 rings (SSSR count). The fourth-order valence-electron chi connectivity index (χ4n) is 5.80. The Morgan fingerprint density at radius 3 is 2.67 bits per heavy atom. The monoisotopic (exact) mass is 370 g/mol. The van der Waals surface area contributed by atoms with E-state index in [1.165, 1.54) is 56.3 Å². The van der Waals surface area contributed by atoms with E-state index in [0.717, 1.165) is 43.6 Å². The van der Waals surface area contributed by atoms with Crippen molar-refractivity contribution in [2.24, 2.45) is 17.8 Å². The van der Waals surface area contributed by atoms with Crippen molar-refractivity contribution in [1.29, 1.82) is 0 Å². The number of fused-ring (bicyclic) bond motifs is 3. The average molecular weight is 371 g/mol. The van der Waals surface area contributed by atoms with Crippen LogP contribution in [0.4, 0.5) is 0 Å². The highest BCUT2D eigenvalue weighted by Gasteiger charge is 2.39. The summed E-state index contributed by atoms with van der Waals surface area (Å²) in [5.74, 6) is 2.87. The Balaban J connectivity index is 1.38. The molecule has 0 radical (unpaired) electrons. The highest BCUT2D eigenvalue weighted by molar-refractivity contribution is 5.47. The van der Waals surface area contributed by atoms with Crippen LogP contribution in [-0.4, -0.2) is 40.6 Å². The van der Waals surface area contributed by atoms with Crippen LogP contribution >= 0.6 is 0 Å². The first-order valence-corrected chi connectivity index (χ1v) is 11.3. The third kappa shape index (κ3) is 4.19. The number of hydrogen-bond donors (Lipinski definition) is 1. The van der Waals surface area contributed by atoms with Crippen molar-refractivity contribution in [2.45, 2.75) is 78.4 Å². The van der Waals surface area contributed by atoms with Gasteiger partial charge in [-0.25, -0.2) is 0 Å². The van der Waals surface area contributed by atoms with E-state index in [1.807, 2.05) is 0 Å². The lowest BCUT2D eigenvalue weighted by molar-refractivity contribution is -0.000416. The number of phenols is 1. The first-order valence-electron chi connectivity index (χ1n) is 11.3. The molecule has 2 heterocycles. The average Bonchev–Trinajstić information content (AvgIpc) is 2.77. The zero-order valence-corrected chi connectivity index (χ0v) is 17.6. The van der Waals surface area contributed by atoms with Crippen molar-refractivity contribution in [3.8, 4) is 5.75 Å². The predicted molar refractivity (Wildman–Crippen MR) is 112 cm³/mol. The standard InChI is InChI=1S/C24H38N2O/c1-17(2)12-25-14-21-10-9-19(22(16-25)24(21)27)11-18(3)13-26-15-20-7-5-4-6-8-23(20)26/h9-10,17-18,20,23,27H,4-8,11-16H2,1-3H3. The van der Waals surface area contributed by atoms with Crippen molar-refractivity contribution >= 4 is 0 Å². The van der Waals surface area contributed by atoms with E-state index in [4.69, 9.17) is 0 Å². The zero-order chi connectivity index (χ0) is 19.0. The largest absolute Gasteiger partial charge is 0.507 e. The second kappa shape index (κ2) is 8.13. The van der Waals surface area contributed by atoms with E-state index >= 15 is 0 Å². The molecule has 1 aliphatic carbocycles. The van der Waals surface area contributed by atoms with Gasteiger partial charge in [-0.15, -0.1) is 0 Å². The Bertz CT molecular complexity index is 656. The summed E-state index contributed by atoms with van der Waals surface area (Å²) in [5, 5.41) is 10.7. The molecule has 3 nitrogen and oxygen atoms in total. The molecule has 150 valence electrons. The highest BCUT2D eigenvalue weighted by atomic mass is 16.3. The second-order valence-corrected chi connectivity index (χ2v) is 10.0. The molecule has 0 aromatic heterocycles. The summed E-state index contributed by atoms with van der Waals surface area (Å²) in [4.78, 5) is 5.25. The molecule has 2 aliphatic heterocycles. The summed E-state index contributed by atoms with van der Waals surface area (Å²) in [6, 6.07) is 5.32. The molecule has 1 saturated carbocycles. The van der Waals surface area contributed by atoms with E-state index < -0.39 is 0 Å². The predicted octanol–water partition coefficient (Wildman–Crippen LogP) is 4.81. The molecule has 1 aromatic carbocycles. The summed E-state index contributed by atoms with van der Waals surface area (Å²) in [5.41, 5.74) is 3.68. The number of benzene rings is 1. The van der Waals surface area contributed by atoms with Gasteiger partial charge in [0.25, 0.3) is 0 Å². The van der Waals surface area contributed by atoms with E-state index in [-0.39, 0.29) is 0 Å². The molecule has 2 fully saturated rings. The van der Waals surface area contributed by atoms with Crippen LogP contribution in [0.3, 0.4) is 0 Å². The fourth-order valence-corrected chi connectivity index (χ4v) is 5.80. The van der Waals surface area contributed by atoms with Gasteiger partial charge >= 0.3 is 0 Å². The van der Waals surface area contributed by atoms with Crippen molar-refractivity contribution in [3.63, 3.8) is 0 Å². The van der Waals surface area contributed by atoms with Crippen LogP contribution in [0.15, 0.2) is 12.1 Å². The molecule has 27 heavy (non-hydrogen) atoms. The molecule has 2 bridgehead atoms. The van der Waals surface area contributed by atoms with Gasteiger partial charge in [0, 0.05) is 49.9 Å². The van der Waals surface area contributed by atoms with E-state index in [2.05, 4.69) is 42.7 Å². The quantitative estimate of drug-likeness (QED) is 0.779. The fraction of sp³-hybridized carbons (Fsp3) is 0.750. The molecule has 1 aromatic rings. The van der Waals surface area contributed by atoms with Gasteiger partial charge in [-0.05, 0) is 42.6 Å². The molecule has 1 N–H and O–H groups in total. The Hall–Kier alpha value is -1.06. The SMILES string of the molecule is CC(C)CN1Cc2ccc(CC(C)CN3CC4CCCCCC43)c(c2O)C1. The Morgan fingerprint density at radius 2 is 1.85 bits per heavy atom. The summed E-state index contributed by atoms with van der Waals surface area (Å²) < 4.78 is 0.